The van der Waals surface area contributed by atoms with Gasteiger partial charge in [-0.25, -0.2) is 0 Å². The minimum absolute atomic E-state index is 0.0141. The van der Waals surface area contributed by atoms with E-state index in [2.05, 4.69) is 25.6 Å². The number of nitrogens with zero attached hydrogens (tertiary/aromatic N) is 3. The fraction of sp³-hybridized carbons (Fsp3) is 0.250. The van der Waals surface area contributed by atoms with Gasteiger partial charge in [0.25, 0.3) is 0 Å². The lowest BCUT2D eigenvalue weighted by molar-refractivity contribution is -0.137. The Morgan fingerprint density at radius 1 is 1.14 bits per heavy atom. The molecule has 1 aromatic carbocycles. The van der Waals surface area contributed by atoms with Gasteiger partial charge >= 0.3 is 6.18 Å². The Morgan fingerprint density at radius 2 is 1.86 bits per heavy atom. The van der Waals surface area contributed by atoms with Gasteiger partial charge in [0.15, 0.2) is 0 Å². The van der Waals surface area contributed by atoms with E-state index in [1.54, 1.807) is 0 Å². The maximum absolute atomic E-state index is 12.7. The Kier molecular flexibility index (Phi) is 4.99. The fourth-order valence-corrected chi connectivity index (χ4v) is 1.72. The molecule has 0 aliphatic carbocycles. The smallest absolute Gasteiger partial charge is 0.395 e. The summed E-state index contributed by atoms with van der Waals surface area (Å²) in [6.07, 6.45) is -4.44. The van der Waals surface area contributed by atoms with Crippen LogP contribution in [0.5, 0.6) is 0 Å². The molecule has 1 aromatic heterocycles. The van der Waals surface area contributed by atoms with Crippen molar-refractivity contribution in [2.45, 2.75) is 6.18 Å². The van der Waals surface area contributed by atoms with Crippen molar-refractivity contribution in [3.05, 3.63) is 35.1 Å². The van der Waals surface area contributed by atoms with Crippen LogP contribution in [0, 0.1) is 0 Å². The molecule has 0 spiro atoms. The third kappa shape index (κ3) is 4.43. The molecule has 0 saturated carbocycles. The van der Waals surface area contributed by atoms with E-state index in [-0.39, 0.29) is 36.0 Å². The lowest BCUT2D eigenvalue weighted by Crippen LogP contribution is -2.11. The normalized spacial score (nSPS) is 11.3. The van der Waals surface area contributed by atoms with Gasteiger partial charge in [-0.2, -0.15) is 28.1 Å². The maximum atomic E-state index is 12.7. The van der Waals surface area contributed by atoms with E-state index in [1.807, 2.05) is 0 Å². The predicted octanol–water partition coefficient (Wildman–Crippen LogP) is 2.69. The van der Waals surface area contributed by atoms with Crippen LogP contribution in [-0.2, 0) is 6.18 Å². The van der Waals surface area contributed by atoms with E-state index in [0.29, 0.717) is 0 Å². The van der Waals surface area contributed by atoms with Gasteiger partial charge in [-0.1, -0.05) is 6.07 Å². The Hall–Kier alpha value is -2.13. The van der Waals surface area contributed by atoms with E-state index in [4.69, 9.17) is 16.7 Å². The molecule has 0 aliphatic rings. The average Bonchev–Trinajstić information content (AvgIpc) is 2.44. The van der Waals surface area contributed by atoms with Crippen LogP contribution in [0.3, 0.4) is 0 Å². The second kappa shape index (κ2) is 6.75. The summed E-state index contributed by atoms with van der Waals surface area (Å²) in [5.41, 5.74) is -0.638. The average molecular weight is 334 g/mol. The van der Waals surface area contributed by atoms with Crippen molar-refractivity contribution in [1.82, 2.24) is 15.0 Å². The molecule has 0 amide bonds. The van der Waals surface area contributed by atoms with Crippen molar-refractivity contribution in [2.24, 2.45) is 0 Å². The molecule has 0 atom stereocenters. The van der Waals surface area contributed by atoms with Crippen molar-refractivity contribution < 1.29 is 18.3 Å². The molecule has 22 heavy (non-hydrogen) atoms. The highest BCUT2D eigenvalue weighted by Crippen LogP contribution is 2.31. The number of aliphatic hydroxyl groups is 1. The molecular weight excluding hydrogens is 323 g/mol. The lowest BCUT2D eigenvalue weighted by Gasteiger charge is -2.10. The first-order valence-corrected chi connectivity index (χ1v) is 6.47. The summed E-state index contributed by atoms with van der Waals surface area (Å²) in [4.78, 5) is 11.5. The van der Waals surface area contributed by atoms with Crippen LogP contribution in [0.1, 0.15) is 5.56 Å². The Balaban J connectivity index is 2.21. The fourth-order valence-electron chi connectivity index (χ4n) is 1.56. The Morgan fingerprint density at radius 3 is 2.55 bits per heavy atom. The second-order valence-electron chi connectivity index (χ2n) is 4.11. The molecule has 0 radical (unpaired) electrons. The molecular formula is C12H11ClF3N5O. The van der Waals surface area contributed by atoms with Crippen molar-refractivity contribution in [3.8, 4) is 0 Å². The summed E-state index contributed by atoms with van der Waals surface area (Å²) >= 11 is 5.71. The maximum Gasteiger partial charge on any atom is 0.416 e. The summed E-state index contributed by atoms with van der Waals surface area (Å²) in [5.74, 6) is 0.0864. The summed E-state index contributed by atoms with van der Waals surface area (Å²) in [5, 5.41) is 13.9. The van der Waals surface area contributed by atoms with Gasteiger partial charge < -0.3 is 15.7 Å². The van der Waals surface area contributed by atoms with Crippen LogP contribution < -0.4 is 10.6 Å². The van der Waals surface area contributed by atoms with E-state index in [1.165, 1.54) is 12.1 Å². The van der Waals surface area contributed by atoms with Gasteiger partial charge in [-0.3, -0.25) is 0 Å². The minimum Gasteiger partial charge on any atom is -0.395 e. The number of aromatic nitrogens is 3. The zero-order chi connectivity index (χ0) is 16.2. The van der Waals surface area contributed by atoms with Gasteiger partial charge in [0.1, 0.15) is 0 Å². The molecule has 0 unspecified atom stereocenters. The third-order valence-electron chi connectivity index (χ3n) is 2.45. The molecule has 1 heterocycles. The molecule has 0 saturated heterocycles. The molecule has 3 N–H and O–H groups in total. The van der Waals surface area contributed by atoms with E-state index in [0.717, 1.165) is 12.1 Å². The second-order valence-corrected chi connectivity index (χ2v) is 4.44. The monoisotopic (exact) mass is 333 g/mol. The lowest BCUT2D eigenvalue weighted by atomic mass is 10.2. The van der Waals surface area contributed by atoms with Crippen LogP contribution in [0.25, 0.3) is 0 Å². The number of benzene rings is 1. The predicted molar refractivity (Wildman–Crippen MR) is 75.1 cm³/mol. The highest BCUT2D eigenvalue weighted by Gasteiger charge is 2.30. The standard InChI is InChI=1S/C12H11ClF3N5O/c13-9-19-10(17-4-5-22)21-11(20-9)18-8-3-1-2-7(6-8)12(14,15)16/h1-3,6,22H,4-5H2,(H2,17,18,19,20,21). The van der Waals surface area contributed by atoms with Crippen molar-refractivity contribution in [2.75, 3.05) is 23.8 Å². The first kappa shape index (κ1) is 16.2. The zero-order valence-electron chi connectivity index (χ0n) is 11.0. The SMILES string of the molecule is OCCNc1nc(Cl)nc(Nc2cccc(C(F)(F)F)c2)n1. The minimum atomic E-state index is -4.44. The number of alkyl halides is 3. The summed E-state index contributed by atoms with van der Waals surface area (Å²) in [7, 11) is 0. The summed E-state index contributed by atoms with van der Waals surface area (Å²) < 4.78 is 38.0. The van der Waals surface area contributed by atoms with Crippen LogP contribution in [0.2, 0.25) is 5.28 Å². The van der Waals surface area contributed by atoms with Gasteiger partial charge in [-0.05, 0) is 29.8 Å². The highest BCUT2D eigenvalue weighted by atomic mass is 35.5. The molecule has 2 rings (SSSR count). The van der Waals surface area contributed by atoms with E-state index in [9.17, 15) is 13.2 Å². The quantitative estimate of drug-likeness (QED) is 0.780. The molecule has 2 aromatic rings. The molecule has 0 aliphatic heterocycles. The van der Waals surface area contributed by atoms with Crippen LogP contribution in [-0.4, -0.2) is 33.2 Å². The zero-order valence-corrected chi connectivity index (χ0v) is 11.8. The van der Waals surface area contributed by atoms with Crippen LogP contribution >= 0.6 is 11.6 Å². The number of halogens is 4. The molecule has 0 fully saturated rings. The number of hydrogen-bond donors (Lipinski definition) is 3. The van der Waals surface area contributed by atoms with Gasteiger partial charge in [0, 0.05) is 12.2 Å². The Bertz CT molecular complexity index is 653. The van der Waals surface area contributed by atoms with E-state index >= 15 is 0 Å². The number of aliphatic hydroxyl groups excluding tert-OH is 1. The first-order chi connectivity index (χ1) is 10.4. The van der Waals surface area contributed by atoms with Gasteiger partial charge in [0.05, 0.1) is 12.2 Å². The van der Waals surface area contributed by atoms with Gasteiger partial charge in [0.2, 0.25) is 17.2 Å². The number of anilines is 3. The molecule has 118 valence electrons. The van der Waals surface area contributed by atoms with E-state index < -0.39 is 11.7 Å². The first-order valence-electron chi connectivity index (χ1n) is 6.09. The Labute approximate surface area is 128 Å². The molecule has 6 nitrogen and oxygen atoms in total. The summed E-state index contributed by atoms with van der Waals surface area (Å²) in [6.45, 7) is 0.0586. The number of rotatable bonds is 5. The van der Waals surface area contributed by atoms with Crippen LogP contribution in [0.15, 0.2) is 24.3 Å². The van der Waals surface area contributed by atoms with Crippen molar-refractivity contribution >= 4 is 29.2 Å². The molecule has 0 bridgehead atoms. The third-order valence-corrected chi connectivity index (χ3v) is 2.62. The summed E-state index contributed by atoms with van der Waals surface area (Å²) in [6, 6.07) is 4.59. The highest BCUT2D eigenvalue weighted by molar-refractivity contribution is 6.28. The topological polar surface area (TPSA) is 83.0 Å². The van der Waals surface area contributed by atoms with Crippen LogP contribution in [0.4, 0.5) is 30.8 Å². The number of hydrogen-bond acceptors (Lipinski definition) is 6. The molecule has 10 heteroatoms. The van der Waals surface area contributed by atoms with Gasteiger partial charge in [-0.15, -0.1) is 0 Å². The largest absolute Gasteiger partial charge is 0.416 e. The van der Waals surface area contributed by atoms with Crippen molar-refractivity contribution in [3.63, 3.8) is 0 Å². The van der Waals surface area contributed by atoms with Crippen molar-refractivity contribution in [1.29, 1.82) is 0 Å². The number of nitrogens with one attached hydrogen (secondary N) is 2.